The van der Waals surface area contributed by atoms with Crippen LogP contribution in [0.25, 0.3) is 0 Å². The number of carboxylic acids is 1. The number of carbonyl (C=O) groups excluding carboxylic acids is 1. The van der Waals surface area contributed by atoms with Gasteiger partial charge in [0.2, 0.25) is 0 Å². The lowest BCUT2D eigenvalue weighted by Crippen LogP contribution is -2.23. The van der Waals surface area contributed by atoms with Gasteiger partial charge >= 0.3 is 5.97 Å². The highest BCUT2D eigenvalue weighted by Crippen LogP contribution is 2.30. The Bertz CT molecular complexity index is 739. The van der Waals surface area contributed by atoms with Crippen molar-refractivity contribution in [3.63, 3.8) is 0 Å². The molecule has 24 heavy (non-hydrogen) atoms. The second-order valence-electron chi connectivity index (χ2n) is 5.73. The standard InChI is InChI=1S/C16H18N4O4/c21-15(22)9-20-8-12(18-19-20)7-17-16(23)13-3-1-2-4-14(13)24-10-11-5-6-11/h1-4,8,11H,5-7,9-10H2,(H,17,23)(H,21,22). The highest BCUT2D eigenvalue weighted by atomic mass is 16.5. The topological polar surface area (TPSA) is 106 Å². The number of hydrogen-bond acceptors (Lipinski definition) is 5. The third-order valence-electron chi connectivity index (χ3n) is 3.62. The molecular weight excluding hydrogens is 312 g/mol. The molecule has 1 aliphatic carbocycles. The number of para-hydroxylation sites is 1. The summed E-state index contributed by atoms with van der Waals surface area (Å²) in [5, 5.41) is 19.0. The van der Waals surface area contributed by atoms with Crippen LogP contribution in [-0.4, -0.2) is 38.6 Å². The van der Waals surface area contributed by atoms with Crippen LogP contribution in [0.5, 0.6) is 5.75 Å². The lowest BCUT2D eigenvalue weighted by atomic mass is 10.2. The summed E-state index contributed by atoms with van der Waals surface area (Å²) < 4.78 is 6.93. The molecule has 1 aromatic carbocycles. The van der Waals surface area contributed by atoms with Gasteiger partial charge in [-0.2, -0.15) is 0 Å². The number of aromatic nitrogens is 3. The summed E-state index contributed by atoms with van der Waals surface area (Å²) in [6.07, 6.45) is 3.85. The highest BCUT2D eigenvalue weighted by Gasteiger charge is 2.23. The largest absolute Gasteiger partial charge is 0.492 e. The molecule has 0 atom stereocenters. The normalized spacial score (nSPS) is 13.5. The Balaban J connectivity index is 1.58. The van der Waals surface area contributed by atoms with Crippen molar-refractivity contribution in [2.75, 3.05) is 6.61 Å². The summed E-state index contributed by atoms with van der Waals surface area (Å²) in [6.45, 7) is 0.530. The van der Waals surface area contributed by atoms with E-state index in [0.29, 0.717) is 29.5 Å². The van der Waals surface area contributed by atoms with Crippen LogP contribution < -0.4 is 10.1 Å². The van der Waals surface area contributed by atoms with E-state index in [9.17, 15) is 9.59 Å². The van der Waals surface area contributed by atoms with Crippen LogP contribution in [-0.2, 0) is 17.9 Å². The third kappa shape index (κ3) is 4.31. The fourth-order valence-electron chi connectivity index (χ4n) is 2.17. The smallest absolute Gasteiger partial charge is 0.325 e. The summed E-state index contributed by atoms with van der Waals surface area (Å²) in [4.78, 5) is 23.0. The second kappa shape index (κ2) is 7.12. The lowest BCUT2D eigenvalue weighted by molar-refractivity contribution is -0.137. The zero-order valence-electron chi connectivity index (χ0n) is 13.0. The molecule has 0 bridgehead atoms. The Labute approximate surface area is 138 Å². The van der Waals surface area contributed by atoms with Gasteiger partial charge in [-0.1, -0.05) is 17.3 Å². The molecule has 1 amide bonds. The average molecular weight is 330 g/mol. The molecule has 126 valence electrons. The zero-order valence-corrected chi connectivity index (χ0v) is 13.0. The number of aliphatic carboxylic acids is 1. The molecule has 1 fully saturated rings. The molecule has 0 spiro atoms. The molecular formula is C16H18N4O4. The molecule has 2 N–H and O–H groups in total. The van der Waals surface area contributed by atoms with Gasteiger partial charge in [-0.15, -0.1) is 5.10 Å². The number of carbonyl (C=O) groups is 2. The Morgan fingerprint density at radius 1 is 1.33 bits per heavy atom. The summed E-state index contributed by atoms with van der Waals surface area (Å²) in [6, 6.07) is 7.10. The van der Waals surface area contributed by atoms with Gasteiger partial charge in [0.1, 0.15) is 18.0 Å². The van der Waals surface area contributed by atoms with Crippen LogP contribution in [0.1, 0.15) is 28.9 Å². The average Bonchev–Trinajstić information content (AvgIpc) is 3.29. The Morgan fingerprint density at radius 3 is 2.88 bits per heavy atom. The molecule has 1 heterocycles. The van der Waals surface area contributed by atoms with Gasteiger partial charge in [-0.3, -0.25) is 9.59 Å². The second-order valence-corrected chi connectivity index (χ2v) is 5.73. The minimum atomic E-state index is -1.00. The van der Waals surface area contributed by atoms with Crippen molar-refractivity contribution in [1.82, 2.24) is 20.3 Å². The predicted molar refractivity (Wildman–Crippen MR) is 83.5 cm³/mol. The molecule has 0 unspecified atom stereocenters. The van der Waals surface area contributed by atoms with E-state index in [0.717, 1.165) is 0 Å². The van der Waals surface area contributed by atoms with Gasteiger partial charge in [0.15, 0.2) is 0 Å². The van der Waals surface area contributed by atoms with Crippen molar-refractivity contribution in [2.45, 2.75) is 25.9 Å². The van der Waals surface area contributed by atoms with Crippen LogP contribution in [0.2, 0.25) is 0 Å². The fourth-order valence-corrected chi connectivity index (χ4v) is 2.17. The van der Waals surface area contributed by atoms with E-state index in [1.54, 1.807) is 18.2 Å². The Hall–Kier alpha value is -2.90. The summed E-state index contributed by atoms with van der Waals surface area (Å²) in [5.41, 5.74) is 0.956. The molecule has 1 aromatic heterocycles. The van der Waals surface area contributed by atoms with Gasteiger partial charge in [0.25, 0.3) is 5.91 Å². The summed E-state index contributed by atoms with van der Waals surface area (Å²) in [7, 11) is 0. The van der Waals surface area contributed by atoms with Crippen LogP contribution >= 0.6 is 0 Å². The summed E-state index contributed by atoms with van der Waals surface area (Å²) >= 11 is 0. The number of benzene rings is 1. The van der Waals surface area contributed by atoms with E-state index in [1.165, 1.54) is 23.7 Å². The first kappa shape index (κ1) is 16.0. The third-order valence-corrected chi connectivity index (χ3v) is 3.62. The number of nitrogens with zero attached hydrogens (tertiary/aromatic N) is 3. The lowest BCUT2D eigenvalue weighted by Gasteiger charge is -2.10. The van der Waals surface area contributed by atoms with Gasteiger partial charge < -0.3 is 15.2 Å². The Morgan fingerprint density at radius 2 is 2.12 bits per heavy atom. The first-order valence-electron chi connectivity index (χ1n) is 7.72. The minimum Gasteiger partial charge on any atom is -0.492 e. The predicted octanol–water partition coefficient (Wildman–Crippen LogP) is 1.08. The number of amides is 1. The first-order chi connectivity index (χ1) is 11.6. The molecule has 8 nitrogen and oxygen atoms in total. The molecule has 2 aromatic rings. The number of carboxylic acid groups (broad SMARTS) is 1. The molecule has 1 saturated carbocycles. The molecule has 8 heteroatoms. The monoisotopic (exact) mass is 330 g/mol. The van der Waals surface area contributed by atoms with E-state index < -0.39 is 5.97 Å². The van der Waals surface area contributed by atoms with Crippen LogP contribution in [0.3, 0.4) is 0 Å². The Kier molecular flexibility index (Phi) is 4.74. The minimum absolute atomic E-state index is 0.162. The molecule has 1 aliphatic rings. The van der Waals surface area contributed by atoms with Crippen molar-refractivity contribution in [3.8, 4) is 5.75 Å². The van der Waals surface area contributed by atoms with Crippen LogP contribution in [0.15, 0.2) is 30.5 Å². The van der Waals surface area contributed by atoms with E-state index in [4.69, 9.17) is 9.84 Å². The molecule has 0 saturated heterocycles. The van der Waals surface area contributed by atoms with Gasteiger partial charge in [-0.25, -0.2) is 4.68 Å². The number of rotatable bonds is 8. The van der Waals surface area contributed by atoms with Crippen molar-refractivity contribution in [2.24, 2.45) is 5.92 Å². The number of hydrogen-bond donors (Lipinski definition) is 2. The maximum atomic E-state index is 12.3. The number of nitrogens with one attached hydrogen (secondary N) is 1. The van der Waals surface area contributed by atoms with Gasteiger partial charge in [-0.05, 0) is 30.9 Å². The first-order valence-corrected chi connectivity index (χ1v) is 7.72. The fraction of sp³-hybridized carbons (Fsp3) is 0.375. The molecule has 3 rings (SSSR count). The van der Waals surface area contributed by atoms with Crippen molar-refractivity contribution in [1.29, 1.82) is 0 Å². The van der Waals surface area contributed by atoms with Crippen molar-refractivity contribution < 1.29 is 19.4 Å². The maximum absolute atomic E-state index is 12.3. The quantitative estimate of drug-likeness (QED) is 0.750. The van der Waals surface area contributed by atoms with Crippen molar-refractivity contribution >= 4 is 11.9 Å². The van der Waals surface area contributed by atoms with Crippen LogP contribution in [0.4, 0.5) is 0 Å². The molecule has 0 aliphatic heterocycles. The van der Waals surface area contributed by atoms with E-state index in [-0.39, 0.29) is 19.0 Å². The maximum Gasteiger partial charge on any atom is 0.325 e. The highest BCUT2D eigenvalue weighted by molar-refractivity contribution is 5.96. The number of ether oxygens (including phenoxy) is 1. The molecule has 0 radical (unpaired) electrons. The van der Waals surface area contributed by atoms with Crippen molar-refractivity contribution in [3.05, 3.63) is 41.7 Å². The zero-order chi connectivity index (χ0) is 16.9. The van der Waals surface area contributed by atoms with Crippen LogP contribution in [0, 0.1) is 5.92 Å². The van der Waals surface area contributed by atoms with Gasteiger partial charge in [0.05, 0.1) is 24.9 Å². The van der Waals surface area contributed by atoms with E-state index >= 15 is 0 Å². The van der Waals surface area contributed by atoms with E-state index in [1.807, 2.05) is 6.07 Å². The van der Waals surface area contributed by atoms with Gasteiger partial charge in [0, 0.05) is 0 Å². The summed E-state index contributed by atoms with van der Waals surface area (Å²) in [5.74, 6) is -0.103. The SMILES string of the molecule is O=C(O)Cn1cc(CNC(=O)c2ccccc2OCC2CC2)nn1. The van der Waals surface area contributed by atoms with E-state index in [2.05, 4.69) is 15.6 Å².